The maximum absolute atomic E-state index is 11.1. The van der Waals surface area contributed by atoms with Crippen LogP contribution >= 0.6 is 11.8 Å². The molecule has 1 N–H and O–H groups in total. The molecule has 104 valence electrons. The van der Waals surface area contributed by atoms with Crippen molar-refractivity contribution < 1.29 is 19.4 Å². The molecule has 1 aromatic carbocycles. The molecule has 0 unspecified atom stereocenters. The van der Waals surface area contributed by atoms with Crippen LogP contribution in [0.15, 0.2) is 24.3 Å². The molecule has 0 saturated carbocycles. The molecule has 0 aliphatic carbocycles. The summed E-state index contributed by atoms with van der Waals surface area (Å²) in [4.78, 5) is 22.0. The second kappa shape index (κ2) is 7.84. The third kappa shape index (κ3) is 5.79. The average molecular weight is 282 g/mol. The summed E-state index contributed by atoms with van der Waals surface area (Å²) in [5.41, 5.74) is 0.931. The first kappa shape index (κ1) is 15.6. The highest BCUT2D eigenvalue weighted by molar-refractivity contribution is 8.13. The molecule has 0 aliphatic heterocycles. The fraction of sp³-hybridized carbons (Fsp3) is 0.429. The number of hydrogen-bond acceptors (Lipinski definition) is 4. The number of rotatable bonds is 7. The zero-order valence-corrected chi connectivity index (χ0v) is 11.9. The quantitative estimate of drug-likeness (QED) is 0.833. The van der Waals surface area contributed by atoms with Crippen molar-refractivity contribution in [3.63, 3.8) is 0 Å². The topological polar surface area (TPSA) is 63.6 Å². The lowest BCUT2D eigenvalue weighted by Gasteiger charge is -2.11. The summed E-state index contributed by atoms with van der Waals surface area (Å²) in [7, 11) is 0. The van der Waals surface area contributed by atoms with Gasteiger partial charge in [0, 0.05) is 12.7 Å². The number of carboxylic acids is 1. The van der Waals surface area contributed by atoms with E-state index < -0.39 is 11.9 Å². The number of carbonyl (C=O) groups excluding carboxylic acids is 1. The van der Waals surface area contributed by atoms with Gasteiger partial charge in [0.1, 0.15) is 5.75 Å². The molecule has 0 saturated heterocycles. The normalized spacial score (nSPS) is 11.9. The maximum Gasteiger partial charge on any atom is 0.307 e. The van der Waals surface area contributed by atoms with Crippen LogP contribution < -0.4 is 4.74 Å². The van der Waals surface area contributed by atoms with E-state index in [4.69, 9.17) is 9.84 Å². The van der Waals surface area contributed by atoms with Gasteiger partial charge in [0.05, 0.1) is 12.5 Å². The van der Waals surface area contributed by atoms with Gasteiger partial charge in [-0.05, 0) is 31.0 Å². The van der Waals surface area contributed by atoms with Gasteiger partial charge >= 0.3 is 5.97 Å². The molecule has 0 fully saturated rings. The van der Waals surface area contributed by atoms with E-state index in [9.17, 15) is 9.59 Å². The zero-order chi connectivity index (χ0) is 14.3. The molecule has 0 spiro atoms. The molecule has 1 atom stereocenters. The molecule has 1 rings (SSSR count). The van der Waals surface area contributed by atoms with Crippen LogP contribution in [0, 0.1) is 5.92 Å². The van der Waals surface area contributed by atoms with Crippen molar-refractivity contribution in [2.24, 2.45) is 5.92 Å². The minimum Gasteiger partial charge on any atom is -0.494 e. The predicted molar refractivity (Wildman–Crippen MR) is 75.6 cm³/mol. The zero-order valence-electron chi connectivity index (χ0n) is 11.1. The first-order valence-corrected chi connectivity index (χ1v) is 7.09. The van der Waals surface area contributed by atoms with E-state index in [-0.39, 0.29) is 5.12 Å². The first-order valence-electron chi connectivity index (χ1n) is 6.10. The van der Waals surface area contributed by atoms with Crippen molar-refractivity contribution in [2.45, 2.75) is 20.3 Å². The van der Waals surface area contributed by atoms with Gasteiger partial charge in [-0.15, -0.1) is 0 Å². The van der Waals surface area contributed by atoms with E-state index >= 15 is 0 Å². The maximum atomic E-state index is 11.1. The number of thioether (sulfide) groups is 1. The molecular formula is C14H18O4S. The summed E-state index contributed by atoms with van der Waals surface area (Å²) in [6.07, 6.45) is 0.419. The number of carboxylic acid groups (broad SMARTS) is 1. The number of benzene rings is 1. The Balaban J connectivity index is 2.62. The van der Waals surface area contributed by atoms with Crippen molar-refractivity contribution >= 4 is 22.8 Å². The minimum absolute atomic E-state index is 0.0575. The van der Waals surface area contributed by atoms with Crippen molar-refractivity contribution in [3.05, 3.63) is 29.8 Å². The molecule has 0 aliphatic rings. The van der Waals surface area contributed by atoms with Crippen LogP contribution in [0.2, 0.25) is 0 Å². The summed E-state index contributed by atoms with van der Waals surface area (Å²) in [6, 6.07) is 7.38. The molecule has 0 aromatic heterocycles. The summed E-state index contributed by atoms with van der Waals surface area (Å²) in [5, 5.41) is 9.08. The second-order valence-corrected chi connectivity index (χ2v) is 5.32. The Morgan fingerprint density at radius 3 is 2.42 bits per heavy atom. The van der Waals surface area contributed by atoms with Gasteiger partial charge in [-0.3, -0.25) is 9.59 Å². The Kier molecular flexibility index (Phi) is 6.42. The molecule has 1 aromatic rings. The van der Waals surface area contributed by atoms with Crippen LogP contribution in [0.1, 0.15) is 19.4 Å². The highest BCUT2D eigenvalue weighted by Gasteiger charge is 2.19. The van der Waals surface area contributed by atoms with Crippen molar-refractivity contribution in [1.82, 2.24) is 0 Å². The predicted octanol–water partition coefficient (Wildman–Crippen LogP) is 2.61. The van der Waals surface area contributed by atoms with E-state index in [0.29, 0.717) is 18.8 Å². The lowest BCUT2D eigenvalue weighted by atomic mass is 10.0. The fourth-order valence-electron chi connectivity index (χ4n) is 1.61. The standard InChI is InChI=1S/C14H18O4S/c1-3-18-13-6-4-11(5-7-13)8-12(14(16)17)9-19-10(2)15/h4-7,12H,3,8-9H2,1-2H3,(H,16,17)/t12-/m1/s1. The molecule has 5 heteroatoms. The van der Waals surface area contributed by atoms with Crippen LogP contribution in [0.4, 0.5) is 0 Å². The summed E-state index contributed by atoms with van der Waals surface area (Å²) in [5.74, 6) is -0.344. The van der Waals surface area contributed by atoms with Crippen LogP contribution in [0.25, 0.3) is 0 Å². The van der Waals surface area contributed by atoms with Gasteiger partial charge < -0.3 is 9.84 Å². The number of aliphatic carboxylic acids is 1. The molecular weight excluding hydrogens is 264 g/mol. The van der Waals surface area contributed by atoms with Crippen LogP contribution in [-0.4, -0.2) is 28.6 Å². The SMILES string of the molecule is CCOc1ccc(C[C@H](CSC(C)=O)C(=O)O)cc1. The van der Waals surface area contributed by atoms with Gasteiger partial charge in [-0.25, -0.2) is 0 Å². The highest BCUT2D eigenvalue weighted by Crippen LogP contribution is 2.18. The Hall–Kier alpha value is -1.49. The Morgan fingerprint density at radius 2 is 1.95 bits per heavy atom. The first-order chi connectivity index (χ1) is 9.02. The second-order valence-electron chi connectivity index (χ2n) is 4.12. The number of ether oxygens (including phenoxy) is 1. The van der Waals surface area contributed by atoms with Crippen LogP contribution in [-0.2, 0) is 16.0 Å². The van der Waals surface area contributed by atoms with E-state index in [1.54, 1.807) is 0 Å². The third-order valence-electron chi connectivity index (χ3n) is 2.55. The van der Waals surface area contributed by atoms with Crippen molar-refractivity contribution in [1.29, 1.82) is 0 Å². The summed E-state index contributed by atoms with van der Waals surface area (Å²) < 4.78 is 5.33. The molecule has 0 heterocycles. The lowest BCUT2D eigenvalue weighted by Crippen LogP contribution is -2.19. The molecule has 0 bridgehead atoms. The molecule has 19 heavy (non-hydrogen) atoms. The van der Waals surface area contributed by atoms with Gasteiger partial charge in [0.2, 0.25) is 0 Å². The number of carbonyl (C=O) groups is 2. The van der Waals surface area contributed by atoms with Gasteiger partial charge in [-0.2, -0.15) is 0 Å². The van der Waals surface area contributed by atoms with E-state index in [0.717, 1.165) is 23.1 Å². The lowest BCUT2D eigenvalue weighted by molar-refractivity contribution is -0.140. The van der Waals surface area contributed by atoms with Crippen molar-refractivity contribution in [2.75, 3.05) is 12.4 Å². The fourth-order valence-corrected chi connectivity index (χ4v) is 2.30. The van der Waals surface area contributed by atoms with Crippen LogP contribution in [0.3, 0.4) is 0 Å². The smallest absolute Gasteiger partial charge is 0.307 e. The Bertz CT molecular complexity index is 428. The monoisotopic (exact) mass is 282 g/mol. The average Bonchev–Trinajstić information content (AvgIpc) is 2.36. The largest absolute Gasteiger partial charge is 0.494 e. The van der Waals surface area contributed by atoms with E-state index in [2.05, 4.69) is 0 Å². The van der Waals surface area contributed by atoms with Gasteiger partial charge in [0.15, 0.2) is 5.12 Å². The van der Waals surface area contributed by atoms with Gasteiger partial charge in [0.25, 0.3) is 0 Å². The number of hydrogen-bond donors (Lipinski definition) is 1. The van der Waals surface area contributed by atoms with Crippen molar-refractivity contribution in [3.8, 4) is 5.75 Å². The third-order valence-corrected chi connectivity index (χ3v) is 3.53. The molecule has 4 nitrogen and oxygen atoms in total. The molecule has 0 radical (unpaired) electrons. The Labute approximate surface area is 117 Å². The van der Waals surface area contributed by atoms with Gasteiger partial charge in [-0.1, -0.05) is 23.9 Å². The Morgan fingerprint density at radius 1 is 1.32 bits per heavy atom. The van der Waals surface area contributed by atoms with Crippen LogP contribution in [0.5, 0.6) is 5.75 Å². The van der Waals surface area contributed by atoms with E-state index in [1.807, 2.05) is 31.2 Å². The van der Waals surface area contributed by atoms with E-state index in [1.165, 1.54) is 6.92 Å². The summed E-state index contributed by atoms with van der Waals surface area (Å²) >= 11 is 1.05. The molecule has 0 amide bonds. The minimum atomic E-state index is -0.873. The summed E-state index contributed by atoms with van der Waals surface area (Å²) in [6.45, 7) is 3.96. The highest BCUT2D eigenvalue weighted by atomic mass is 32.2.